The first-order chi connectivity index (χ1) is 7.58. The zero-order valence-electron chi connectivity index (χ0n) is 9.00. The lowest BCUT2D eigenvalue weighted by Gasteiger charge is -2.00. The summed E-state index contributed by atoms with van der Waals surface area (Å²) in [7, 11) is 0. The molecule has 2 aromatic rings. The molecule has 2 rings (SSSR count). The van der Waals surface area contributed by atoms with Crippen molar-refractivity contribution in [3.8, 4) is 10.6 Å². The predicted octanol–water partition coefficient (Wildman–Crippen LogP) is 4.73. The van der Waals surface area contributed by atoms with Crippen molar-refractivity contribution in [3.63, 3.8) is 0 Å². The van der Waals surface area contributed by atoms with E-state index in [0.29, 0.717) is 10.9 Å². The molecule has 0 aliphatic carbocycles. The minimum atomic E-state index is -0.325. The third kappa shape index (κ3) is 2.25. The summed E-state index contributed by atoms with van der Waals surface area (Å²) in [6.07, 6.45) is 0. The molecule has 4 heteroatoms. The van der Waals surface area contributed by atoms with E-state index in [1.54, 1.807) is 6.07 Å². The smallest absolute Gasteiger partial charge is 0.125 e. The first-order valence-electron chi connectivity index (χ1n) is 4.99. The van der Waals surface area contributed by atoms with Crippen molar-refractivity contribution >= 4 is 22.9 Å². The van der Waals surface area contributed by atoms with Gasteiger partial charge in [-0.3, -0.25) is 0 Å². The molecule has 0 aliphatic heterocycles. The fourth-order valence-electron chi connectivity index (χ4n) is 1.34. The van der Waals surface area contributed by atoms with Crippen LogP contribution in [-0.4, -0.2) is 4.98 Å². The normalized spacial score (nSPS) is 11.1. The standard InChI is InChI=1S/C12H11ClFNS/c1-7(2)11-6-16-12(15-11)9-4-3-8(14)5-10(9)13/h3-7H,1-2H3. The maximum Gasteiger partial charge on any atom is 0.125 e. The summed E-state index contributed by atoms with van der Waals surface area (Å²) >= 11 is 7.51. The third-order valence-electron chi connectivity index (χ3n) is 2.28. The number of nitrogens with zero attached hydrogens (tertiary/aromatic N) is 1. The van der Waals surface area contributed by atoms with E-state index < -0.39 is 0 Å². The van der Waals surface area contributed by atoms with Crippen LogP contribution < -0.4 is 0 Å². The first-order valence-corrected chi connectivity index (χ1v) is 6.24. The maximum absolute atomic E-state index is 12.9. The van der Waals surface area contributed by atoms with Crippen LogP contribution in [0.15, 0.2) is 23.6 Å². The molecular formula is C12H11ClFNS. The van der Waals surface area contributed by atoms with Crippen LogP contribution in [0.2, 0.25) is 5.02 Å². The average molecular weight is 256 g/mol. The Hall–Kier alpha value is -0.930. The second kappa shape index (κ2) is 4.52. The summed E-state index contributed by atoms with van der Waals surface area (Å²) in [6.45, 7) is 4.18. The Bertz CT molecular complexity index is 507. The molecular weight excluding hydrogens is 245 g/mol. The Morgan fingerprint density at radius 2 is 2.12 bits per heavy atom. The monoisotopic (exact) mass is 255 g/mol. The highest BCUT2D eigenvalue weighted by atomic mass is 35.5. The van der Waals surface area contributed by atoms with Crippen LogP contribution in [-0.2, 0) is 0 Å². The fourth-order valence-corrected chi connectivity index (χ4v) is 2.67. The minimum absolute atomic E-state index is 0.325. The summed E-state index contributed by atoms with van der Waals surface area (Å²) in [5, 5.41) is 3.26. The number of hydrogen-bond acceptors (Lipinski definition) is 2. The number of rotatable bonds is 2. The van der Waals surface area contributed by atoms with E-state index in [2.05, 4.69) is 18.8 Å². The average Bonchev–Trinajstić information content (AvgIpc) is 2.66. The van der Waals surface area contributed by atoms with E-state index in [0.717, 1.165) is 16.3 Å². The molecule has 0 N–H and O–H groups in total. The first kappa shape index (κ1) is 11.6. The van der Waals surface area contributed by atoms with Gasteiger partial charge < -0.3 is 0 Å². The van der Waals surface area contributed by atoms with Gasteiger partial charge in [-0.15, -0.1) is 11.3 Å². The van der Waals surface area contributed by atoms with Crippen LogP contribution in [0, 0.1) is 5.82 Å². The molecule has 0 saturated carbocycles. The van der Waals surface area contributed by atoms with E-state index in [1.807, 2.05) is 5.38 Å². The molecule has 0 radical (unpaired) electrons. The maximum atomic E-state index is 12.9. The highest BCUT2D eigenvalue weighted by Gasteiger charge is 2.10. The number of halogens is 2. The number of benzene rings is 1. The Morgan fingerprint density at radius 3 is 2.69 bits per heavy atom. The molecule has 1 aromatic carbocycles. The summed E-state index contributed by atoms with van der Waals surface area (Å²) in [5.74, 6) is 0.0682. The Morgan fingerprint density at radius 1 is 1.38 bits per heavy atom. The largest absolute Gasteiger partial charge is 0.241 e. The summed E-state index contributed by atoms with van der Waals surface area (Å²) < 4.78 is 12.9. The molecule has 84 valence electrons. The molecule has 0 unspecified atom stereocenters. The third-order valence-corrected chi connectivity index (χ3v) is 3.48. The molecule has 1 heterocycles. The minimum Gasteiger partial charge on any atom is -0.241 e. The van der Waals surface area contributed by atoms with Crippen molar-refractivity contribution < 1.29 is 4.39 Å². The summed E-state index contributed by atoms with van der Waals surface area (Å²) in [6, 6.07) is 4.38. The molecule has 0 aliphatic rings. The van der Waals surface area contributed by atoms with Gasteiger partial charge in [-0.25, -0.2) is 9.37 Å². The van der Waals surface area contributed by atoms with E-state index >= 15 is 0 Å². The van der Waals surface area contributed by atoms with Gasteiger partial charge in [0.2, 0.25) is 0 Å². The van der Waals surface area contributed by atoms with Crippen molar-refractivity contribution in [1.82, 2.24) is 4.98 Å². The molecule has 1 aromatic heterocycles. The SMILES string of the molecule is CC(C)c1csc(-c2ccc(F)cc2Cl)n1. The molecule has 0 bridgehead atoms. The van der Waals surface area contributed by atoms with Crippen molar-refractivity contribution in [2.75, 3.05) is 0 Å². The highest BCUT2D eigenvalue weighted by molar-refractivity contribution is 7.13. The molecule has 0 saturated heterocycles. The molecule has 0 fully saturated rings. The van der Waals surface area contributed by atoms with E-state index in [9.17, 15) is 4.39 Å². The molecule has 0 spiro atoms. The van der Waals surface area contributed by atoms with Gasteiger partial charge in [0.15, 0.2) is 0 Å². The second-order valence-corrected chi connectivity index (χ2v) is 5.12. The van der Waals surface area contributed by atoms with Gasteiger partial charge >= 0.3 is 0 Å². The number of hydrogen-bond donors (Lipinski definition) is 0. The van der Waals surface area contributed by atoms with Gasteiger partial charge in [0, 0.05) is 10.9 Å². The Balaban J connectivity index is 2.42. The Labute approximate surface area is 103 Å². The van der Waals surface area contributed by atoms with Gasteiger partial charge in [0.1, 0.15) is 10.8 Å². The van der Waals surface area contributed by atoms with Crippen LogP contribution in [0.3, 0.4) is 0 Å². The van der Waals surface area contributed by atoms with Crippen molar-refractivity contribution in [1.29, 1.82) is 0 Å². The quantitative estimate of drug-likeness (QED) is 0.756. The lowest BCUT2D eigenvalue weighted by atomic mass is 10.1. The number of aromatic nitrogens is 1. The van der Waals surface area contributed by atoms with Crippen LogP contribution in [0.25, 0.3) is 10.6 Å². The summed E-state index contributed by atoms with van der Waals surface area (Å²) in [5.41, 5.74) is 1.83. The van der Waals surface area contributed by atoms with Crippen LogP contribution >= 0.6 is 22.9 Å². The lowest BCUT2D eigenvalue weighted by molar-refractivity contribution is 0.628. The van der Waals surface area contributed by atoms with Crippen molar-refractivity contribution in [3.05, 3.63) is 40.1 Å². The topological polar surface area (TPSA) is 12.9 Å². The van der Waals surface area contributed by atoms with Crippen molar-refractivity contribution in [2.45, 2.75) is 19.8 Å². The van der Waals surface area contributed by atoms with Gasteiger partial charge in [0.05, 0.1) is 10.7 Å². The van der Waals surface area contributed by atoms with E-state index in [1.165, 1.54) is 23.5 Å². The van der Waals surface area contributed by atoms with Gasteiger partial charge in [-0.05, 0) is 24.1 Å². The van der Waals surface area contributed by atoms with Gasteiger partial charge in [-0.2, -0.15) is 0 Å². The highest BCUT2D eigenvalue weighted by Crippen LogP contribution is 2.32. The lowest BCUT2D eigenvalue weighted by Crippen LogP contribution is -1.87. The van der Waals surface area contributed by atoms with Crippen LogP contribution in [0.5, 0.6) is 0 Å². The molecule has 0 atom stereocenters. The number of thiazole rings is 1. The van der Waals surface area contributed by atoms with Gasteiger partial charge in [0.25, 0.3) is 0 Å². The van der Waals surface area contributed by atoms with Gasteiger partial charge in [-0.1, -0.05) is 25.4 Å². The van der Waals surface area contributed by atoms with Crippen molar-refractivity contribution in [2.24, 2.45) is 0 Å². The molecule has 1 nitrogen and oxygen atoms in total. The second-order valence-electron chi connectivity index (χ2n) is 3.86. The zero-order valence-corrected chi connectivity index (χ0v) is 10.6. The fraction of sp³-hybridized carbons (Fsp3) is 0.250. The Kier molecular flexibility index (Phi) is 3.26. The molecule has 16 heavy (non-hydrogen) atoms. The van der Waals surface area contributed by atoms with E-state index in [4.69, 9.17) is 11.6 Å². The summed E-state index contributed by atoms with van der Waals surface area (Å²) in [4.78, 5) is 4.48. The predicted molar refractivity (Wildman–Crippen MR) is 66.6 cm³/mol. The van der Waals surface area contributed by atoms with E-state index in [-0.39, 0.29) is 5.82 Å². The van der Waals surface area contributed by atoms with Crippen LogP contribution in [0.1, 0.15) is 25.5 Å². The van der Waals surface area contributed by atoms with Crippen LogP contribution in [0.4, 0.5) is 4.39 Å². The zero-order chi connectivity index (χ0) is 11.7. The molecule has 0 amide bonds.